The molecule has 0 fully saturated rings. The summed E-state index contributed by atoms with van der Waals surface area (Å²) in [4.78, 5) is 7.95. The van der Waals surface area contributed by atoms with Crippen molar-refractivity contribution < 1.29 is 22.3 Å². The van der Waals surface area contributed by atoms with Crippen LogP contribution in [0.15, 0.2) is 21.7 Å². The van der Waals surface area contributed by atoms with E-state index in [4.69, 9.17) is 4.74 Å². The first-order valence-corrected chi connectivity index (χ1v) is 6.53. The molecule has 1 aromatic rings. The second-order valence-corrected chi connectivity index (χ2v) is 5.53. The lowest BCUT2D eigenvalue weighted by molar-refractivity contribution is -0.208. The smallest absolute Gasteiger partial charge is 0.425 e. The molecule has 110 valence electrons. The zero-order chi connectivity index (χ0) is 15.1. The second-order valence-electron chi connectivity index (χ2n) is 4.72. The van der Waals surface area contributed by atoms with E-state index in [0.717, 1.165) is 6.07 Å². The Morgan fingerprint density at radius 2 is 2.05 bits per heavy atom. The molecule has 1 aliphatic rings. The van der Waals surface area contributed by atoms with Gasteiger partial charge in [0.25, 0.3) is 0 Å². The number of ether oxygens (including phenoxy) is 1. The summed E-state index contributed by atoms with van der Waals surface area (Å²) in [6, 6.07) is 2.51. The Labute approximate surface area is 121 Å². The van der Waals surface area contributed by atoms with E-state index in [2.05, 4.69) is 25.9 Å². The van der Waals surface area contributed by atoms with E-state index in [1.807, 2.05) is 0 Å². The van der Waals surface area contributed by atoms with Crippen LogP contribution in [-0.2, 0) is 10.3 Å². The van der Waals surface area contributed by atoms with Crippen molar-refractivity contribution in [3.63, 3.8) is 0 Å². The van der Waals surface area contributed by atoms with Gasteiger partial charge in [-0.05, 0) is 35.0 Å². The number of nitrogens with zero attached hydrogens (tertiary/aromatic N) is 2. The molecule has 0 radical (unpaired) electrons. The maximum atomic E-state index is 13.9. The van der Waals surface area contributed by atoms with Gasteiger partial charge in [0.05, 0.1) is 0 Å². The van der Waals surface area contributed by atoms with Gasteiger partial charge in [-0.3, -0.25) is 0 Å². The predicted octanol–water partition coefficient (Wildman–Crippen LogP) is 3.97. The van der Waals surface area contributed by atoms with E-state index in [1.54, 1.807) is 0 Å². The van der Waals surface area contributed by atoms with Crippen molar-refractivity contribution in [2.45, 2.75) is 38.1 Å². The van der Waals surface area contributed by atoms with Crippen LogP contribution in [0.2, 0.25) is 0 Å². The molecule has 0 bridgehead atoms. The Kier molecular flexibility index (Phi) is 3.79. The Balaban J connectivity index is 2.48. The molecule has 0 spiro atoms. The number of hydrogen-bond donors (Lipinski definition) is 0. The van der Waals surface area contributed by atoms with Crippen LogP contribution in [0.1, 0.15) is 26.0 Å². The first-order chi connectivity index (χ1) is 9.12. The first kappa shape index (κ1) is 15.2. The second kappa shape index (κ2) is 4.98. The van der Waals surface area contributed by atoms with Crippen LogP contribution in [0.3, 0.4) is 0 Å². The summed E-state index contributed by atoms with van der Waals surface area (Å²) in [6.07, 6.45) is -7.08. The molecule has 0 unspecified atom stereocenters. The quantitative estimate of drug-likeness (QED) is 0.564. The van der Waals surface area contributed by atoms with Gasteiger partial charge in [-0.1, -0.05) is 0 Å². The van der Waals surface area contributed by atoms with Gasteiger partial charge in [0, 0.05) is 13.3 Å². The van der Waals surface area contributed by atoms with Crippen molar-refractivity contribution in [1.82, 2.24) is 4.98 Å². The minimum atomic E-state index is -4.54. The van der Waals surface area contributed by atoms with Crippen LogP contribution in [0.25, 0.3) is 0 Å². The van der Waals surface area contributed by atoms with E-state index in [0.29, 0.717) is 4.60 Å². The third-order valence-corrected chi connectivity index (χ3v) is 3.43. The fourth-order valence-corrected chi connectivity index (χ4v) is 2.47. The lowest BCUT2D eigenvalue weighted by atomic mass is 9.89. The van der Waals surface area contributed by atoms with Gasteiger partial charge >= 0.3 is 6.18 Å². The zero-order valence-electron chi connectivity index (χ0n) is 10.6. The van der Waals surface area contributed by atoms with Crippen LogP contribution in [-0.4, -0.2) is 23.2 Å². The van der Waals surface area contributed by atoms with Crippen LogP contribution < -0.4 is 0 Å². The topological polar surface area (TPSA) is 34.5 Å². The highest BCUT2D eigenvalue weighted by Crippen LogP contribution is 2.40. The SMILES string of the molecule is CC1=N[C@](C)(c2nc(Br)ccc2F)C[C@@H](C(F)(F)F)O1. The summed E-state index contributed by atoms with van der Waals surface area (Å²) in [5.41, 5.74) is -1.56. The van der Waals surface area contributed by atoms with E-state index in [1.165, 1.54) is 19.9 Å². The summed E-state index contributed by atoms with van der Waals surface area (Å²) in [5, 5.41) is 0. The number of aromatic nitrogens is 1. The average Bonchev–Trinajstić information content (AvgIpc) is 2.30. The molecular formula is C12H11BrF4N2O. The molecule has 20 heavy (non-hydrogen) atoms. The lowest BCUT2D eigenvalue weighted by Crippen LogP contribution is -2.43. The maximum Gasteiger partial charge on any atom is 0.425 e. The third-order valence-electron chi connectivity index (χ3n) is 2.99. The van der Waals surface area contributed by atoms with Gasteiger partial charge in [0.2, 0.25) is 0 Å². The highest BCUT2D eigenvalue weighted by Gasteiger charge is 2.50. The van der Waals surface area contributed by atoms with Crippen LogP contribution >= 0.6 is 15.9 Å². The zero-order valence-corrected chi connectivity index (χ0v) is 12.2. The van der Waals surface area contributed by atoms with E-state index in [-0.39, 0.29) is 11.6 Å². The number of hydrogen-bond acceptors (Lipinski definition) is 3. The number of alkyl halides is 3. The van der Waals surface area contributed by atoms with Gasteiger partial charge in [-0.2, -0.15) is 13.2 Å². The average molecular weight is 355 g/mol. The highest BCUT2D eigenvalue weighted by atomic mass is 79.9. The summed E-state index contributed by atoms with van der Waals surface area (Å²) in [5.74, 6) is -0.836. The molecule has 1 aromatic heterocycles. The van der Waals surface area contributed by atoms with Gasteiger partial charge < -0.3 is 4.74 Å². The van der Waals surface area contributed by atoms with Crippen molar-refractivity contribution in [3.05, 3.63) is 28.2 Å². The molecule has 0 amide bonds. The summed E-state index contributed by atoms with van der Waals surface area (Å²) in [7, 11) is 0. The Hall–Kier alpha value is -1.18. The molecule has 8 heteroatoms. The van der Waals surface area contributed by atoms with Crippen molar-refractivity contribution in [1.29, 1.82) is 0 Å². The van der Waals surface area contributed by atoms with E-state index >= 15 is 0 Å². The maximum absolute atomic E-state index is 13.9. The van der Waals surface area contributed by atoms with E-state index in [9.17, 15) is 17.6 Å². The largest absolute Gasteiger partial charge is 0.468 e. The van der Waals surface area contributed by atoms with Crippen molar-refractivity contribution in [2.75, 3.05) is 0 Å². The molecule has 0 aromatic carbocycles. The summed E-state index contributed by atoms with van der Waals surface area (Å²) >= 11 is 3.08. The molecule has 0 aliphatic carbocycles. The Morgan fingerprint density at radius 3 is 2.65 bits per heavy atom. The van der Waals surface area contributed by atoms with E-state index < -0.39 is 30.1 Å². The number of rotatable bonds is 1. The molecule has 2 rings (SSSR count). The molecular weight excluding hydrogens is 344 g/mol. The fourth-order valence-electron chi connectivity index (χ4n) is 2.16. The number of halogens is 5. The Morgan fingerprint density at radius 1 is 1.40 bits per heavy atom. The monoisotopic (exact) mass is 354 g/mol. The Bertz CT molecular complexity index is 561. The number of pyridine rings is 1. The van der Waals surface area contributed by atoms with Crippen LogP contribution in [0.5, 0.6) is 0 Å². The minimum Gasteiger partial charge on any atom is -0.468 e. The minimum absolute atomic E-state index is 0.135. The van der Waals surface area contributed by atoms with Crippen LogP contribution in [0.4, 0.5) is 17.6 Å². The van der Waals surface area contributed by atoms with Crippen molar-refractivity contribution in [2.24, 2.45) is 4.99 Å². The molecule has 1 aliphatic heterocycles. The third kappa shape index (κ3) is 2.94. The molecule has 3 nitrogen and oxygen atoms in total. The van der Waals surface area contributed by atoms with Crippen molar-refractivity contribution in [3.8, 4) is 0 Å². The predicted molar refractivity (Wildman–Crippen MR) is 67.9 cm³/mol. The van der Waals surface area contributed by atoms with Crippen LogP contribution in [0, 0.1) is 5.82 Å². The number of aliphatic imine (C=N–C) groups is 1. The molecule has 0 N–H and O–H groups in total. The standard InChI is InChI=1S/C12H11BrF4N2O/c1-6-19-11(2,5-8(20-6)12(15,16)17)10-7(14)3-4-9(13)18-10/h3-4,8H,5H2,1-2H3/t8-,11-/m0/s1. The fraction of sp³-hybridized carbons (Fsp3) is 0.500. The summed E-state index contributed by atoms with van der Waals surface area (Å²) < 4.78 is 57.5. The normalized spacial score (nSPS) is 26.9. The highest BCUT2D eigenvalue weighted by molar-refractivity contribution is 9.10. The molecule has 0 saturated carbocycles. The molecule has 2 atom stereocenters. The van der Waals surface area contributed by atoms with Gasteiger partial charge in [0.15, 0.2) is 12.0 Å². The van der Waals surface area contributed by atoms with Gasteiger partial charge in [-0.25, -0.2) is 14.4 Å². The first-order valence-electron chi connectivity index (χ1n) is 5.74. The lowest BCUT2D eigenvalue weighted by Gasteiger charge is -2.35. The molecule has 0 saturated heterocycles. The summed E-state index contributed by atoms with van der Waals surface area (Å²) in [6.45, 7) is 2.72. The van der Waals surface area contributed by atoms with Gasteiger partial charge in [0.1, 0.15) is 21.7 Å². The van der Waals surface area contributed by atoms with Gasteiger partial charge in [-0.15, -0.1) is 0 Å². The van der Waals surface area contributed by atoms with Crippen molar-refractivity contribution >= 4 is 21.8 Å². The molecule has 2 heterocycles.